The summed E-state index contributed by atoms with van der Waals surface area (Å²) in [5.41, 5.74) is 2.49. The van der Waals surface area contributed by atoms with Crippen LogP contribution in [0.5, 0.6) is 0 Å². The van der Waals surface area contributed by atoms with Gasteiger partial charge < -0.3 is 10.4 Å². The number of nitro benzene ring substituents is 1. The van der Waals surface area contributed by atoms with Gasteiger partial charge in [0.2, 0.25) is 0 Å². The van der Waals surface area contributed by atoms with E-state index in [1.54, 1.807) is 6.07 Å². The molecule has 21 heavy (non-hydrogen) atoms. The van der Waals surface area contributed by atoms with Gasteiger partial charge in [0.15, 0.2) is 0 Å². The quantitative estimate of drug-likeness (QED) is 0.642. The molecule has 116 valence electrons. The Morgan fingerprint density at radius 3 is 2.43 bits per heavy atom. The zero-order valence-corrected chi connectivity index (χ0v) is 12.8. The number of aryl methyl sites for hydroxylation is 2. The third-order valence-electron chi connectivity index (χ3n) is 4.71. The number of nitro groups is 1. The summed E-state index contributed by atoms with van der Waals surface area (Å²) in [5, 5.41) is 24.1. The van der Waals surface area contributed by atoms with Crippen LogP contribution < -0.4 is 5.32 Å². The van der Waals surface area contributed by atoms with E-state index in [1.165, 1.54) is 6.42 Å². The number of nitrogens with zero attached hydrogens (tertiary/aromatic N) is 1. The van der Waals surface area contributed by atoms with Gasteiger partial charge in [0.1, 0.15) is 5.69 Å². The van der Waals surface area contributed by atoms with E-state index >= 15 is 0 Å². The van der Waals surface area contributed by atoms with E-state index in [2.05, 4.69) is 5.32 Å². The summed E-state index contributed by atoms with van der Waals surface area (Å²) in [4.78, 5) is 10.9. The van der Waals surface area contributed by atoms with Crippen LogP contribution in [0.4, 0.5) is 11.4 Å². The molecule has 5 heteroatoms. The summed E-state index contributed by atoms with van der Waals surface area (Å²) < 4.78 is 0. The summed E-state index contributed by atoms with van der Waals surface area (Å²) in [6.45, 7) is 4.56. The van der Waals surface area contributed by atoms with Gasteiger partial charge in [-0.25, -0.2) is 0 Å². The highest BCUT2D eigenvalue weighted by atomic mass is 16.6. The molecule has 0 heterocycles. The molecule has 0 atom stereocenters. The third-order valence-corrected chi connectivity index (χ3v) is 4.71. The fourth-order valence-electron chi connectivity index (χ4n) is 3.07. The summed E-state index contributed by atoms with van der Waals surface area (Å²) in [6.07, 6.45) is 5.42. The van der Waals surface area contributed by atoms with Gasteiger partial charge >= 0.3 is 0 Å². The molecule has 0 bridgehead atoms. The average Bonchev–Trinajstić information content (AvgIpc) is 2.48. The van der Waals surface area contributed by atoms with Crippen LogP contribution in [-0.2, 0) is 0 Å². The molecule has 0 saturated heterocycles. The Bertz CT molecular complexity index is 522. The van der Waals surface area contributed by atoms with E-state index < -0.39 is 0 Å². The van der Waals surface area contributed by atoms with E-state index in [1.807, 2.05) is 19.9 Å². The number of aliphatic hydroxyl groups excluding tert-OH is 1. The Labute approximate surface area is 125 Å². The van der Waals surface area contributed by atoms with Crippen LogP contribution in [0.1, 0.15) is 43.2 Å². The van der Waals surface area contributed by atoms with Crippen molar-refractivity contribution in [2.75, 3.05) is 18.5 Å². The number of benzene rings is 1. The molecule has 1 aromatic rings. The molecule has 1 saturated carbocycles. The van der Waals surface area contributed by atoms with Gasteiger partial charge in [0, 0.05) is 18.0 Å². The Morgan fingerprint density at radius 1 is 1.24 bits per heavy atom. The van der Waals surface area contributed by atoms with Gasteiger partial charge in [-0.1, -0.05) is 19.3 Å². The molecule has 0 unspecified atom stereocenters. The Morgan fingerprint density at radius 2 is 1.86 bits per heavy atom. The van der Waals surface area contributed by atoms with Crippen molar-refractivity contribution in [3.05, 3.63) is 33.4 Å². The normalized spacial score (nSPS) is 17.5. The fourth-order valence-corrected chi connectivity index (χ4v) is 3.07. The molecule has 1 fully saturated rings. The Hall–Kier alpha value is -1.62. The molecule has 0 aromatic heterocycles. The number of aliphatic hydroxyl groups is 1. The molecule has 1 aliphatic rings. The minimum Gasteiger partial charge on any atom is -0.396 e. The molecule has 0 aliphatic heterocycles. The van der Waals surface area contributed by atoms with E-state index in [-0.39, 0.29) is 22.6 Å². The number of rotatable bonds is 5. The summed E-state index contributed by atoms with van der Waals surface area (Å²) in [6, 6.07) is 3.45. The molecule has 5 nitrogen and oxygen atoms in total. The van der Waals surface area contributed by atoms with Gasteiger partial charge in [-0.2, -0.15) is 0 Å². The maximum Gasteiger partial charge on any atom is 0.292 e. The van der Waals surface area contributed by atoms with Crippen LogP contribution in [0.25, 0.3) is 0 Å². The number of nitrogens with one attached hydrogen (secondary N) is 1. The average molecular weight is 292 g/mol. The topological polar surface area (TPSA) is 75.4 Å². The third kappa shape index (κ3) is 3.53. The van der Waals surface area contributed by atoms with Gasteiger partial charge in [0.25, 0.3) is 5.69 Å². The van der Waals surface area contributed by atoms with Crippen LogP contribution in [0.3, 0.4) is 0 Å². The zero-order valence-electron chi connectivity index (χ0n) is 12.8. The first kappa shape index (κ1) is 15.8. The largest absolute Gasteiger partial charge is 0.396 e. The van der Waals surface area contributed by atoms with E-state index in [9.17, 15) is 15.2 Å². The van der Waals surface area contributed by atoms with Crippen LogP contribution in [0, 0.1) is 29.4 Å². The van der Waals surface area contributed by atoms with Crippen molar-refractivity contribution in [3.63, 3.8) is 0 Å². The predicted octanol–water partition coefficient (Wildman–Crippen LogP) is 3.57. The van der Waals surface area contributed by atoms with E-state index in [0.717, 1.165) is 36.8 Å². The Balaban J connectivity index is 2.18. The molecule has 0 spiro atoms. The van der Waals surface area contributed by atoms with Gasteiger partial charge in [-0.15, -0.1) is 0 Å². The van der Waals surface area contributed by atoms with Crippen molar-refractivity contribution in [2.24, 2.45) is 5.41 Å². The highest BCUT2D eigenvalue weighted by molar-refractivity contribution is 5.64. The Kier molecular flexibility index (Phi) is 4.83. The number of hydrogen-bond donors (Lipinski definition) is 2. The summed E-state index contributed by atoms with van der Waals surface area (Å²) >= 11 is 0. The fraction of sp³-hybridized carbons (Fsp3) is 0.625. The first-order valence-electron chi connectivity index (χ1n) is 7.58. The predicted molar refractivity (Wildman–Crippen MR) is 83.7 cm³/mol. The first-order chi connectivity index (χ1) is 9.97. The minimum atomic E-state index is -0.346. The van der Waals surface area contributed by atoms with Crippen molar-refractivity contribution in [3.8, 4) is 0 Å². The monoisotopic (exact) mass is 292 g/mol. The number of anilines is 1. The summed E-state index contributed by atoms with van der Waals surface area (Å²) in [7, 11) is 0. The SMILES string of the molecule is Cc1cc(NCC2(CO)CCCCC2)c([N+](=O)[O-])cc1C. The molecular formula is C16H24N2O3. The maximum absolute atomic E-state index is 11.2. The standard InChI is InChI=1S/C16H24N2O3/c1-12-8-14(15(18(20)21)9-13(12)2)17-10-16(11-19)6-4-3-5-7-16/h8-9,17,19H,3-7,10-11H2,1-2H3. The van der Waals surface area contributed by atoms with Crippen LogP contribution in [0.2, 0.25) is 0 Å². The van der Waals surface area contributed by atoms with E-state index in [0.29, 0.717) is 12.2 Å². The van der Waals surface area contributed by atoms with Crippen LogP contribution >= 0.6 is 0 Å². The lowest BCUT2D eigenvalue weighted by molar-refractivity contribution is -0.384. The second kappa shape index (κ2) is 6.43. The number of hydrogen-bond acceptors (Lipinski definition) is 4. The highest BCUT2D eigenvalue weighted by Gasteiger charge is 2.31. The second-order valence-electron chi connectivity index (χ2n) is 6.28. The molecule has 0 radical (unpaired) electrons. The van der Waals surface area contributed by atoms with Crippen molar-refractivity contribution in [2.45, 2.75) is 46.0 Å². The molecule has 1 aliphatic carbocycles. The van der Waals surface area contributed by atoms with Crippen LogP contribution in [-0.4, -0.2) is 23.2 Å². The molecular weight excluding hydrogens is 268 g/mol. The van der Waals surface area contributed by atoms with Crippen molar-refractivity contribution in [1.82, 2.24) is 0 Å². The van der Waals surface area contributed by atoms with Gasteiger partial charge in [-0.3, -0.25) is 10.1 Å². The highest BCUT2D eigenvalue weighted by Crippen LogP contribution is 2.37. The lowest BCUT2D eigenvalue weighted by atomic mass is 9.74. The molecule has 2 rings (SSSR count). The van der Waals surface area contributed by atoms with Crippen molar-refractivity contribution in [1.29, 1.82) is 0 Å². The minimum absolute atomic E-state index is 0.113. The van der Waals surface area contributed by atoms with E-state index in [4.69, 9.17) is 0 Å². The lowest BCUT2D eigenvalue weighted by Gasteiger charge is -2.36. The van der Waals surface area contributed by atoms with Crippen LogP contribution in [0.15, 0.2) is 12.1 Å². The smallest absolute Gasteiger partial charge is 0.292 e. The molecule has 1 aromatic carbocycles. The van der Waals surface area contributed by atoms with Gasteiger partial charge in [0.05, 0.1) is 11.5 Å². The van der Waals surface area contributed by atoms with Crippen molar-refractivity contribution >= 4 is 11.4 Å². The summed E-state index contributed by atoms with van der Waals surface area (Å²) in [5.74, 6) is 0. The first-order valence-corrected chi connectivity index (χ1v) is 7.58. The molecule has 2 N–H and O–H groups in total. The lowest BCUT2D eigenvalue weighted by Crippen LogP contribution is -2.35. The maximum atomic E-state index is 11.2. The van der Waals surface area contributed by atoms with Crippen molar-refractivity contribution < 1.29 is 10.0 Å². The second-order valence-corrected chi connectivity index (χ2v) is 6.28. The van der Waals surface area contributed by atoms with Gasteiger partial charge in [-0.05, 0) is 43.9 Å². The molecule has 0 amide bonds. The zero-order chi connectivity index (χ0) is 15.5.